The van der Waals surface area contributed by atoms with Crippen LogP contribution < -0.4 is 10.6 Å². The molecular formula is C21H23FN4O. The van der Waals surface area contributed by atoms with Gasteiger partial charge in [0.2, 0.25) is 0 Å². The highest BCUT2D eigenvalue weighted by Gasteiger charge is 2.09. The van der Waals surface area contributed by atoms with E-state index < -0.39 is 0 Å². The van der Waals surface area contributed by atoms with Crippen LogP contribution in [-0.2, 0) is 13.1 Å². The van der Waals surface area contributed by atoms with Crippen molar-refractivity contribution in [1.82, 2.24) is 14.9 Å². The number of halogens is 1. The van der Waals surface area contributed by atoms with Crippen molar-refractivity contribution in [3.8, 4) is 0 Å². The fourth-order valence-electron chi connectivity index (χ4n) is 2.89. The molecule has 1 heterocycles. The lowest BCUT2D eigenvalue weighted by Gasteiger charge is -2.12. The fourth-order valence-corrected chi connectivity index (χ4v) is 2.89. The van der Waals surface area contributed by atoms with E-state index in [-0.39, 0.29) is 18.4 Å². The van der Waals surface area contributed by atoms with Gasteiger partial charge in [-0.3, -0.25) is 0 Å². The number of imidazole rings is 1. The second-order valence-electron chi connectivity index (χ2n) is 6.67. The SMILES string of the molecule is CC(C)c1nccn1Cc1cccc(NC(=O)NCc2ccccc2F)c1. The Morgan fingerprint density at radius 2 is 2.00 bits per heavy atom. The molecule has 2 aromatic carbocycles. The van der Waals surface area contributed by atoms with Crippen molar-refractivity contribution >= 4 is 11.7 Å². The quantitative estimate of drug-likeness (QED) is 0.674. The second-order valence-corrected chi connectivity index (χ2v) is 6.67. The van der Waals surface area contributed by atoms with Crippen molar-refractivity contribution in [3.63, 3.8) is 0 Å². The molecule has 0 unspecified atom stereocenters. The normalized spacial score (nSPS) is 10.8. The lowest BCUT2D eigenvalue weighted by Crippen LogP contribution is -2.28. The van der Waals surface area contributed by atoms with Crippen molar-refractivity contribution in [2.45, 2.75) is 32.9 Å². The number of carbonyl (C=O) groups is 1. The Morgan fingerprint density at radius 1 is 1.19 bits per heavy atom. The average Bonchev–Trinajstić information content (AvgIpc) is 3.10. The van der Waals surface area contributed by atoms with Crippen LogP contribution in [0.15, 0.2) is 60.9 Å². The van der Waals surface area contributed by atoms with E-state index in [2.05, 4.69) is 34.0 Å². The number of hydrogen-bond acceptors (Lipinski definition) is 2. The van der Waals surface area contributed by atoms with E-state index in [0.29, 0.717) is 23.7 Å². The van der Waals surface area contributed by atoms with E-state index in [4.69, 9.17) is 0 Å². The van der Waals surface area contributed by atoms with Crippen molar-refractivity contribution in [2.75, 3.05) is 5.32 Å². The summed E-state index contributed by atoms with van der Waals surface area (Å²) in [6.07, 6.45) is 3.75. The Balaban J connectivity index is 1.61. The summed E-state index contributed by atoms with van der Waals surface area (Å²) in [5.74, 6) is 1.03. The zero-order chi connectivity index (χ0) is 19.2. The third kappa shape index (κ3) is 4.94. The summed E-state index contributed by atoms with van der Waals surface area (Å²) in [5.41, 5.74) is 2.19. The van der Waals surface area contributed by atoms with Crippen LogP contribution >= 0.6 is 0 Å². The number of nitrogens with zero attached hydrogens (tertiary/aromatic N) is 2. The predicted octanol–water partition coefficient (Wildman–Crippen LogP) is 4.52. The molecule has 0 bridgehead atoms. The Hall–Kier alpha value is -3.15. The Labute approximate surface area is 158 Å². The van der Waals surface area contributed by atoms with Gasteiger partial charge in [0.25, 0.3) is 0 Å². The third-order valence-electron chi connectivity index (χ3n) is 4.20. The third-order valence-corrected chi connectivity index (χ3v) is 4.20. The van der Waals surface area contributed by atoms with Gasteiger partial charge in [-0.25, -0.2) is 14.2 Å². The van der Waals surface area contributed by atoms with Crippen LogP contribution in [0, 0.1) is 5.82 Å². The second kappa shape index (κ2) is 8.49. The summed E-state index contributed by atoms with van der Waals surface area (Å²) in [5, 5.41) is 5.46. The van der Waals surface area contributed by atoms with Crippen molar-refractivity contribution in [3.05, 3.63) is 83.7 Å². The Bertz CT molecular complexity index is 920. The first-order valence-electron chi connectivity index (χ1n) is 8.91. The molecule has 0 atom stereocenters. The minimum atomic E-state index is -0.374. The molecule has 0 aliphatic heterocycles. The zero-order valence-corrected chi connectivity index (χ0v) is 15.4. The van der Waals surface area contributed by atoms with E-state index in [1.807, 2.05) is 30.5 Å². The minimum Gasteiger partial charge on any atom is -0.334 e. The number of nitrogens with one attached hydrogen (secondary N) is 2. The molecule has 3 rings (SSSR count). The highest BCUT2D eigenvalue weighted by atomic mass is 19.1. The molecule has 0 saturated heterocycles. The molecule has 0 saturated carbocycles. The van der Waals surface area contributed by atoms with E-state index in [1.165, 1.54) is 6.07 Å². The summed E-state index contributed by atoms with van der Waals surface area (Å²) in [6.45, 7) is 5.03. The number of benzene rings is 2. The maximum Gasteiger partial charge on any atom is 0.319 e. The average molecular weight is 366 g/mol. The summed E-state index contributed by atoms with van der Waals surface area (Å²) in [4.78, 5) is 16.5. The van der Waals surface area contributed by atoms with E-state index in [1.54, 1.807) is 24.4 Å². The van der Waals surface area contributed by atoms with Gasteiger partial charge in [-0.05, 0) is 23.8 Å². The molecule has 3 aromatic rings. The van der Waals surface area contributed by atoms with Crippen LogP contribution in [0.2, 0.25) is 0 Å². The Morgan fingerprint density at radius 3 is 2.78 bits per heavy atom. The number of urea groups is 1. The molecule has 0 fully saturated rings. The molecule has 2 N–H and O–H groups in total. The number of aromatic nitrogens is 2. The highest BCUT2D eigenvalue weighted by molar-refractivity contribution is 5.89. The summed E-state index contributed by atoms with van der Waals surface area (Å²) < 4.78 is 15.7. The molecular weight excluding hydrogens is 343 g/mol. The summed E-state index contributed by atoms with van der Waals surface area (Å²) in [6, 6.07) is 13.7. The van der Waals surface area contributed by atoms with Gasteiger partial charge in [0.05, 0.1) is 0 Å². The van der Waals surface area contributed by atoms with Crippen LogP contribution in [0.3, 0.4) is 0 Å². The lowest BCUT2D eigenvalue weighted by molar-refractivity contribution is 0.251. The first-order valence-corrected chi connectivity index (χ1v) is 8.91. The van der Waals surface area contributed by atoms with Gasteiger partial charge in [0, 0.05) is 42.7 Å². The van der Waals surface area contributed by atoms with Gasteiger partial charge in [0.1, 0.15) is 11.6 Å². The molecule has 27 heavy (non-hydrogen) atoms. The summed E-state index contributed by atoms with van der Waals surface area (Å²) >= 11 is 0. The first-order chi connectivity index (χ1) is 13.0. The minimum absolute atomic E-state index is 0.130. The van der Waals surface area contributed by atoms with Gasteiger partial charge < -0.3 is 15.2 Å². The zero-order valence-electron chi connectivity index (χ0n) is 15.4. The highest BCUT2D eigenvalue weighted by Crippen LogP contribution is 2.16. The maximum atomic E-state index is 13.6. The maximum absolute atomic E-state index is 13.6. The van der Waals surface area contributed by atoms with Gasteiger partial charge in [-0.15, -0.1) is 0 Å². The van der Waals surface area contributed by atoms with Gasteiger partial charge in [0.15, 0.2) is 0 Å². The van der Waals surface area contributed by atoms with Crippen LogP contribution in [0.4, 0.5) is 14.9 Å². The van der Waals surface area contributed by atoms with Crippen LogP contribution in [-0.4, -0.2) is 15.6 Å². The first kappa shape index (κ1) is 18.6. The van der Waals surface area contributed by atoms with Crippen LogP contribution in [0.5, 0.6) is 0 Å². The molecule has 0 radical (unpaired) electrons. The number of amides is 2. The molecule has 5 nitrogen and oxygen atoms in total. The van der Waals surface area contributed by atoms with Crippen molar-refractivity contribution in [1.29, 1.82) is 0 Å². The molecule has 1 aromatic heterocycles. The number of hydrogen-bond donors (Lipinski definition) is 2. The van der Waals surface area contributed by atoms with Gasteiger partial charge in [-0.1, -0.05) is 44.2 Å². The monoisotopic (exact) mass is 366 g/mol. The molecule has 0 aliphatic carbocycles. The van der Waals surface area contributed by atoms with E-state index in [0.717, 1.165) is 11.4 Å². The molecule has 0 spiro atoms. The standard InChI is InChI=1S/C21H23FN4O/c1-15(2)20-23-10-11-26(20)14-16-6-5-8-18(12-16)25-21(27)24-13-17-7-3-4-9-19(17)22/h3-12,15H,13-14H2,1-2H3,(H2,24,25,27). The fraction of sp³-hybridized carbons (Fsp3) is 0.238. The van der Waals surface area contributed by atoms with Crippen molar-refractivity contribution < 1.29 is 9.18 Å². The Kier molecular flexibility index (Phi) is 5.86. The van der Waals surface area contributed by atoms with Gasteiger partial charge >= 0.3 is 6.03 Å². The van der Waals surface area contributed by atoms with Gasteiger partial charge in [-0.2, -0.15) is 0 Å². The molecule has 140 valence electrons. The lowest BCUT2D eigenvalue weighted by atomic mass is 10.1. The van der Waals surface area contributed by atoms with E-state index >= 15 is 0 Å². The van der Waals surface area contributed by atoms with E-state index in [9.17, 15) is 9.18 Å². The molecule has 0 aliphatic rings. The number of carbonyl (C=O) groups excluding carboxylic acids is 1. The topological polar surface area (TPSA) is 59.0 Å². The van der Waals surface area contributed by atoms with Crippen LogP contribution in [0.25, 0.3) is 0 Å². The van der Waals surface area contributed by atoms with Crippen molar-refractivity contribution in [2.24, 2.45) is 0 Å². The number of rotatable bonds is 6. The molecule has 6 heteroatoms. The predicted molar refractivity (Wildman–Crippen MR) is 104 cm³/mol. The largest absolute Gasteiger partial charge is 0.334 e. The summed E-state index contributed by atoms with van der Waals surface area (Å²) in [7, 11) is 0. The smallest absolute Gasteiger partial charge is 0.319 e. The number of anilines is 1. The molecule has 2 amide bonds. The van der Waals surface area contributed by atoms with Crippen LogP contribution in [0.1, 0.15) is 36.7 Å².